The van der Waals surface area contributed by atoms with E-state index in [9.17, 15) is 14.4 Å². The van der Waals surface area contributed by atoms with E-state index in [2.05, 4.69) is 20.8 Å². The number of Topliss-reactive ketones (excluding diaryl/α,β-unsaturated/α-hetero) is 1. The van der Waals surface area contributed by atoms with Crippen LogP contribution in [0.1, 0.15) is 41.5 Å². The third kappa shape index (κ3) is 7.03. The second kappa shape index (κ2) is 12.1. The van der Waals surface area contributed by atoms with Crippen LogP contribution in [0.25, 0.3) is 0 Å². The second-order valence-electron chi connectivity index (χ2n) is 6.83. The number of hydrogen-bond acceptors (Lipinski definition) is 9. The topological polar surface area (TPSA) is 120 Å². The van der Waals surface area contributed by atoms with Crippen LogP contribution in [0.5, 0.6) is 11.5 Å². The zero-order valence-corrected chi connectivity index (χ0v) is 20.5. The Kier molecular flexibility index (Phi) is 9.00. The van der Waals surface area contributed by atoms with Crippen molar-refractivity contribution in [1.82, 2.24) is 10.2 Å². The molecule has 178 valence electrons. The molecule has 0 aliphatic carbocycles. The Morgan fingerprint density at radius 2 is 1.59 bits per heavy atom. The maximum absolute atomic E-state index is 12.6. The lowest BCUT2D eigenvalue weighted by Crippen LogP contribution is -2.14. The monoisotopic (exact) mass is 500 g/mol. The highest BCUT2D eigenvalue weighted by molar-refractivity contribution is 8.01. The summed E-state index contributed by atoms with van der Waals surface area (Å²) in [5.41, 5.74) is 1.57. The minimum absolute atomic E-state index is 0.0372. The van der Waals surface area contributed by atoms with Gasteiger partial charge in [0.15, 0.2) is 21.6 Å². The van der Waals surface area contributed by atoms with Crippen molar-refractivity contribution in [2.75, 3.05) is 29.6 Å². The van der Waals surface area contributed by atoms with Gasteiger partial charge in [0.2, 0.25) is 11.0 Å². The molecule has 0 atom stereocenters. The number of amides is 2. The van der Waals surface area contributed by atoms with Gasteiger partial charge in [-0.3, -0.25) is 19.7 Å². The van der Waals surface area contributed by atoms with Crippen LogP contribution in [0.15, 0.2) is 46.8 Å². The molecular formula is C23H24N4O5S2. The Bertz CT molecular complexity index is 1160. The van der Waals surface area contributed by atoms with Crippen molar-refractivity contribution >= 4 is 51.5 Å². The van der Waals surface area contributed by atoms with Crippen molar-refractivity contribution in [2.24, 2.45) is 0 Å². The molecule has 0 saturated carbocycles. The van der Waals surface area contributed by atoms with E-state index in [4.69, 9.17) is 9.47 Å². The van der Waals surface area contributed by atoms with Crippen molar-refractivity contribution in [1.29, 1.82) is 0 Å². The molecule has 2 aromatic carbocycles. The van der Waals surface area contributed by atoms with E-state index in [0.717, 1.165) is 0 Å². The number of thioether (sulfide) groups is 1. The molecule has 0 aliphatic rings. The van der Waals surface area contributed by atoms with Crippen molar-refractivity contribution in [3.8, 4) is 11.5 Å². The van der Waals surface area contributed by atoms with Gasteiger partial charge in [0.05, 0.1) is 19.0 Å². The average Bonchev–Trinajstić information content (AvgIpc) is 3.26. The molecular weight excluding hydrogens is 476 g/mol. The van der Waals surface area contributed by atoms with Crippen LogP contribution in [0, 0.1) is 0 Å². The highest BCUT2D eigenvalue weighted by Crippen LogP contribution is 2.30. The van der Waals surface area contributed by atoms with Gasteiger partial charge >= 0.3 is 0 Å². The van der Waals surface area contributed by atoms with Crippen LogP contribution in [0.3, 0.4) is 0 Å². The molecule has 0 bridgehead atoms. The molecule has 11 heteroatoms. The van der Waals surface area contributed by atoms with Crippen LogP contribution >= 0.6 is 23.1 Å². The molecule has 0 unspecified atom stereocenters. The Morgan fingerprint density at radius 3 is 2.26 bits per heavy atom. The number of hydrogen-bond donors (Lipinski definition) is 2. The first-order valence-corrected chi connectivity index (χ1v) is 12.3. The van der Waals surface area contributed by atoms with E-state index in [0.29, 0.717) is 51.0 Å². The van der Waals surface area contributed by atoms with Gasteiger partial charge in [0.1, 0.15) is 0 Å². The lowest BCUT2D eigenvalue weighted by atomic mass is 10.1. The molecule has 1 aromatic heterocycles. The standard InChI is InChI=1S/C23H24N4O5S2/c1-4-31-18-11-8-16(12-19(18)32-5-2)21(30)25-22-26-27-23(34-22)33-13-20(29)24-17-9-6-15(7-10-17)14(3)28/h6-12H,4-5,13H2,1-3H3,(H,24,29)(H,25,26,30). The summed E-state index contributed by atoms with van der Waals surface area (Å²) in [5, 5.41) is 13.8. The molecule has 9 nitrogen and oxygen atoms in total. The van der Waals surface area contributed by atoms with Gasteiger partial charge in [-0.1, -0.05) is 23.1 Å². The number of carbonyl (C=O) groups is 3. The van der Waals surface area contributed by atoms with Gasteiger partial charge in [0.25, 0.3) is 5.91 Å². The molecule has 3 aromatic rings. The molecule has 2 amide bonds. The van der Waals surface area contributed by atoms with E-state index < -0.39 is 0 Å². The predicted molar refractivity (Wildman–Crippen MR) is 132 cm³/mol. The maximum atomic E-state index is 12.6. The third-order valence-electron chi connectivity index (χ3n) is 4.33. The number of anilines is 2. The lowest BCUT2D eigenvalue weighted by molar-refractivity contribution is -0.113. The fraction of sp³-hybridized carbons (Fsp3) is 0.261. The molecule has 0 radical (unpaired) electrons. The highest BCUT2D eigenvalue weighted by Gasteiger charge is 2.15. The van der Waals surface area contributed by atoms with Crippen LogP contribution in [-0.2, 0) is 4.79 Å². The number of aromatic nitrogens is 2. The van der Waals surface area contributed by atoms with Crippen LogP contribution in [0.2, 0.25) is 0 Å². The zero-order valence-electron chi connectivity index (χ0n) is 18.9. The summed E-state index contributed by atoms with van der Waals surface area (Å²) in [5.74, 6) is 0.566. The second-order valence-corrected chi connectivity index (χ2v) is 9.03. The van der Waals surface area contributed by atoms with Crippen molar-refractivity contribution < 1.29 is 23.9 Å². The third-order valence-corrected chi connectivity index (χ3v) is 6.31. The molecule has 0 spiro atoms. The van der Waals surface area contributed by atoms with Gasteiger partial charge in [-0.25, -0.2) is 0 Å². The average molecular weight is 501 g/mol. The number of nitrogens with one attached hydrogen (secondary N) is 2. The SMILES string of the molecule is CCOc1ccc(C(=O)Nc2nnc(SCC(=O)Nc3ccc(C(C)=O)cc3)s2)cc1OCC. The summed E-state index contributed by atoms with van der Waals surface area (Å²) in [6, 6.07) is 11.6. The fourth-order valence-electron chi connectivity index (χ4n) is 2.79. The largest absolute Gasteiger partial charge is 0.490 e. The van der Waals surface area contributed by atoms with Crippen molar-refractivity contribution in [3.05, 3.63) is 53.6 Å². The lowest BCUT2D eigenvalue weighted by Gasteiger charge is -2.12. The smallest absolute Gasteiger partial charge is 0.257 e. The molecule has 0 aliphatic heterocycles. The summed E-state index contributed by atoms with van der Waals surface area (Å²) in [7, 11) is 0. The quantitative estimate of drug-likeness (QED) is 0.224. The Labute approximate surface area is 205 Å². The fourth-order valence-corrected chi connectivity index (χ4v) is 4.34. The van der Waals surface area contributed by atoms with Crippen molar-refractivity contribution in [3.63, 3.8) is 0 Å². The number of rotatable bonds is 11. The molecule has 3 rings (SSSR count). The zero-order chi connectivity index (χ0) is 24.5. The number of ether oxygens (including phenoxy) is 2. The summed E-state index contributed by atoms with van der Waals surface area (Å²) in [6.45, 7) is 6.14. The van der Waals surface area contributed by atoms with Gasteiger partial charge < -0.3 is 14.8 Å². The predicted octanol–water partition coefficient (Wildman–Crippen LogP) is 4.52. The van der Waals surface area contributed by atoms with Gasteiger partial charge in [0, 0.05) is 16.8 Å². The van der Waals surface area contributed by atoms with E-state index in [1.807, 2.05) is 13.8 Å². The minimum atomic E-state index is -0.358. The molecule has 34 heavy (non-hydrogen) atoms. The van der Waals surface area contributed by atoms with E-state index in [1.54, 1.807) is 42.5 Å². The van der Waals surface area contributed by atoms with Gasteiger partial charge in [-0.15, -0.1) is 10.2 Å². The first kappa shape index (κ1) is 25.2. The summed E-state index contributed by atoms with van der Waals surface area (Å²) < 4.78 is 11.6. The first-order chi connectivity index (χ1) is 16.4. The summed E-state index contributed by atoms with van der Waals surface area (Å²) in [4.78, 5) is 36.2. The van der Waals surface area contributed by atoms with Gasteiger partial charge in [-0.2, -0.15) is 0 Å². The maximum Gasteiger partial charge on any atom is 0.257 e. The summed E-state index contributed by atoms with van der Waals surface area (Å²) in [6.07, 6.45) is 0. The first-order valence-electron chi connectivity index (χ1n) is 10.5. The number of ketones is 1. The van der Waals surface area contributed by atoms with E-state index in [-0.39, 0.29) is 23.4 Å². The Hall–Kier alpha value is -3.44. The van der Waals surface area contributed by atoms with E-state index in [1.165, 1.54) is 30.0 Å². The Balaban J connectivity index is 1.53. The minimum Gasteiger partial charge on any atom is -0.490 e. The molecule has 2 N–H and O–H groups in total. The molecule has 1 heterocycles. The van der Waals surface area contributed by atoms with E-state index >= 15 is 0 Å². The van der Waals surface area contributed by atoms with Crippen LogP contribution in [-0.4, -0.2) is 46.8 Å². The van der Waals surface area contributed by atoms with Crippen LogP contribution in [0.4, 0.5) is 10.8 Å². The van der Waals surface area contributed by atoms with Crippen molar-refractivity contribution in [2.45, 2.75) is 25.1 Å². The highest BCUT2D eigenvalue weighted by atomic mass is 32.2. The Morgan fingerprint density at radius 1 is 0.912 bits per heavy atom. The number of carbonyl (C=O) groups excluding carboxylic acids is 3. The molecule has 0 saturated heterocycles. The normalized spacial score (nSPS) is 10.4. The summed E-state index contributed by atoms with van der Waals surface area (Å²) >= 11 is 2.38. The number of nitrogens with zero attached hydrogens (tertiary/aromatic N) is 2. The van der Waals surface area contributed by atoms with Gasteiger partial charge in [-0.05, 0) is 63.2 Å². The number of benzene rings is 2. The van der Waals surface area contributed by atoms with Crippen LogP contribution < -0.4 is 20.1 Å². The molecule has 0 fully saturated rings.